The lowest BCUT2D eigenvalue weighted by Crippen LogP contribution is -2.48. The van der Waals surface area contributed by atoms with Gasteiger partial charge in [0.25, 0.3) is 0 Å². The lowest BCUT2D eigenvalue weighted by molar-refractivity contribution is -0.190. The molecule has 0 aromatic rings. The molecule has 6 atom stereocenters. The van der Waals surface area contributed by atoms with Crippen molar-refractivity contribution in [1.82, 2.24) is 9.80 Å². The first kappa shape index (κ1) is 24.7. The fourth-order valence-electron chi connectivity index (χ4n) is 5.94. The Labute approximate surface area is 207 Å². The van der Waals surface area contributed by atoms with Crippen molar-refractivity contribution in [2.75, 3.05) is 26.7 Å². The highest BCUT2D eigenvalue weighted by Gasteiger charge is 2.56. The topological polar surface area (TPSA) is 111 Å². The number of allylic oxidation sites excluding steroid dienone is 1. The lowest BCUT2D eigenvalue weighted by atomic mass is 9.76. The van der Waals surface area contributed by atoms with Crippen LogP contribution in [-0.4, -0.2) is 104 Å². The molecular formula is C25H39N5O5. The van der Waals surface area contributed by atoms with Gasteiger partial charge in [-0.3, -0.25) is 14.8 Å². The molecule has 10 heteroatoms. The molecule has 1 aliphatic carbocycles. The first-order valence-corrected chi connectivity index (χ1v) is 12.9. The SMILES string of the molecule is CCOC(=O)CCC1CC(N(C)C[C@H]2OC(CN3C=NC4C(N)=CC=NC43)[C@@H]3OC(C)(C)O[C@H]23)C1. The minimum Gasteiger partial charge on any atom is -0.466 e. The Hall–Kier alpha value is -2.01. The predicted octanol–water partition coefficient (Wildman–Crippen LogP) is 1.29. The van der Waals surface area contributed by atoms with Crippen LogP contribution in [0.25, 0.3) is 0 Å². The van der Waals surface area contributed by atoms with Crippen molar-refractivity contribution in [1.29, 1.82) is 0 Å². The zero-order valence-corrected chi connectivity index (χ0v) is 21.2. The Kier molecular flexibility index (Phi) is 6.91. The summed E-state index contributed by atoms with van der Waals surface area (Å²) >= 11 is 0. The van der Waals surface area contributed by atoms with E-state index in [0.29, 0.717) is 31.5 Å². The molecule has 5 aliphatic rings. The van der Waals surface area contributed by atoms with Gasteiger partial charge in [-0.05, 0) is 59.1 Å². The average Bonchev–Trinajstić information content (AvgIpc) is 3.40. The number of carbonyl (C=O) groups is 1. The second kappa shape index (κ2) is 9.80. The molecule has 4 heterocycles. The minimum absolute atomic E-state index is 0.0782. The number of dihydropyridines is 1. The van der Waals surface area contributed by atoms with Crippen LogP contribution < -0.4 is 5.73 Å². The highest BCUT2D eigenvalue weighted by Crippen LogP contribution is 2.41. The van der Waals surface area contributed by atoms with Gasteiger partial charge in [-0.25, -0.2) is 0 Å². The van der Waals surface area contributed by atoms with Gasteiger partial charge in [0.1, 0.15) is 30.5 Å². The summed E-state index contributed by atoms with van der Waals surface area (Å²) in [5.41, 5.74) is 6.85. The molecular weight excluding hydrogens is 450 g/mol. The number of carbonyl (C=O) groups excluding carboxylic acids is 1. The zero-order valence-electron chi connectivity index (χ0n) is 21.2. The van der Waals surface area contributed by atoms with Crippen LogP contribution >= 0.6 is 0 Å². The van der Waals surface area contributed by atoms with Crippen molar-refractivity contribution in [3.8, 4) is 0 Å². The van der Waals surface area contributed by atoms with Gasteiger partial charge in [0.15, 0.2) is 5.79 Å². The van der Waals surface area contributed by atoms with E-state index in [2.05, 4.69) is 26.8 Å². The van der Waals surface area contributed by atoms with Crippen LogP contribution in [-0.2, 0) is 23.7 Å². The first-order valence-electron chi connectivity index (χ1n) is 12.9. The van der Waals surface area contributed by atoms with E-state index in [1.165, 1.54) is 0 Å². The number of esters is 1. The molecule has 0 amide bonds. The van der Waals surface area contributed by atoms with E-state index < -0.39 is 5.79 Å². The predicted molar refractivity (Wildman–Crippen MR) is 131 cm³/mol. The zero-order chi connectivity index (χ0) is 24.7. The van der Waals surface area contributed by atoms with Crippen molar-refractivity contribution in [3.63, 3.8) is 0 Å². The molecule has 10 nitrogen and oxygen atoms in total. The van der Waals surface area contributed by atoms with E-state index in [4.69, 9.17) is 24.7 Å². The summed E-state index contributed by atoms with van der Waals surface area (Å²) in [6, 6.07) is 0.364. The Balaban J connectivity index is 1.15. The van der Waals surface area contributed by atoms with Crippen molar-refractivity contribution in [3.05, 3.63) is 11.8 Å². The van der Waals surface area contributed by atoms with Crippen LogP contribution in [0.3, 0.4) is 0 Å². The highest BCUT2D eigenvalue weighted by molar-refractivity contribution is 5.76. The molecule has 0 radical (unpaired) electrons. The van der Waals surface area contributed by atoms with Crippen molar-refractivity contribution in [2.45, 2.75) is 94.9 Å². The van der Waals surface area contributed by atoms with Crippen LogP contribution in [0.5, 0.6) is 0 Å². The summed E-state index contributed by atoms with van der Waals surface area (Å²) in [7, 11) is 2.16. The van der Waals surface area contributed by atoms with E-state index in [1.54, 1.807) is 6.21 Å². The molecule has 3 unspecified atom stereocenters. The Bertz CT molecular complexity index is 885. The number of nitrogens with zero attached hydrogens (tertiary/aromatic N) is 4. The normalized spacial score (nSPS) is 38.9. The summed E-state index contributed by atoms with van der Waals surface area (Å²) in [6.07, 6.45) is 8.41. The summed E-state index contributed by atoms with van der Waals surface area (Å²) in [5, 5.41) is 0. The average molecular weight is 490 g/mol. The van der Waals surface area contributed by atoms with Gasteiger partial charge in [0.05, 0.1) is 19.0 Å². The van der Waals surface area contributed by atoms with Crippen LogP contribution in [0.15, 0.2) is 21.8 Å². The Morgan fingerprint density at radius 2 is 2.00 bits per heavy atom. The highest BCUT2D eigenvalue weighted by atomic mass is 16.8. The van der Waals surface area contributed by atoms with Gasteiger partial charge in [0, 0.05) is 37.5 Å². The van der Waals surface area contributed by atoms with Crippen LogP contribution in [0.4, 0.5) is 0 Å². The molecule has 5 rings (SSSR count). The number of likely N-dealkylation sites (N-methyl/N-ethyl adjacent to an activating group) is 1. The number of nitrogens with two attached hydrogens (primary N) is 1. The van der Waals surface area contributed by atoms with E-state index in [9.17, 15) is 4.79 Å². The van der Waals surface area contributed by atoms with Crippen LogP contribution in [0.2, 0.25) is 0 Å². The summed E-state index contributed by atoms with van der Waals surface area (Å²) in [6.45, 7) is 7.63. The minimum atomic E-state index is -0.638. The molecule has 3 fully saturated rings. The third-order valence-electron chi connectivity index (χ3n) is 7.85. The standard InChI is InChI=1S/C25H39N5O5/c1-5-32-20(31)7-6-15-10-16(11-15)29(4)12-18-22-23(35-25(2,3)34-22)19(33-18)13-30-14-28-21-17(26)8-9-27-24(21)30/h8-9,14-16,18-19,21-24H,5-7,10-13,26H2,1-4H3/t15?,16?,18-,19?,21?,22-,23+,24?/m1/s1. The molecule has 4 aliphatic heterocycles. The maximum atomic E-state index is 11.6. The summed E-state index contributed by atoms with van der Waals surface area (Å²) in [5.74, 6) is -0.142. The summed E-state index contributed by atoms with van der Waals surface area (Å²) < 4.78 is 24.2. The van der Waals surface area contributed by atoms with Crippen molar-refractivity contribution >= 4 is 18.5 Å². The molecule has 2 saturated heterocycles. The molecule has 0 aromatic heterocycles. The first-order chi connectivity index (χ1) is 16.7. The van der Waals surface area contributed by atoms with Gasteiger partial charge < -0.3 is 34.5 Å². The van der Waals surface area contributed by atoms with E-state index in [0.717, 1.165) is 31.5 Å². The largest absolute Gasteiger partial charge is 0.466 e. The lowest BCUT2D eigenvalue weighted by Gasteiger charge is -2.42. The number of hydrogen-bond acceptors (Lipinski definition) is 10. The maximum Gasteiger partial charge on any atom is 0.305 e. The van der Waals surface area contributed by atoms with Crippen LogP contribution in [0.1, 0.15) is 46.5 Å². The van der Waals surface area contributed by atoms with E-state index in [-0.39, 0.29) is 42.6 Å². The third kappa shape index (κ3) is 5.12. The second-order valence-electron chi connectivity index (χ2n) is 10.8. The molecule has 1 saturated carbocycles. The molecule has 35 heavy (non-hydrogen) atoms. The fourth-order valence-corrected chi connectivity index (χ4v) is 5.94. The number of fused-ring (bicyclic) bond motifs is 2. The molecule has 0 spiro atoms. The second-order valence-corrected chi connectivity index (χ2v) is 10.8. The maximum absolute atomic E-state index is 11.6. The third-order valence-corrected chi connectivity index (χ3v) is 7.85. The number of hydrogen-bond donors (Lipinski definition) is 1. The molecule has 2 N–H and O–H groups in total. The Morgan fingerprint density at radius 3 is 2.74 bits per heavy atom. The van der Waals surface area contributed by atoms with Gasteiger partial charge in [-0.15, -0.1) is 0 Å². The number of rotatable bonds is 9. The summed E-state index contributed by atoms with van der Waals surface area (Å²) in [4.78, 5) is 25.3. The van der Waals surface area contributed by atoms with Gasteiger partial charge in [-0.1, -0.05) is 0 Å². The molecule has 0 bridgehead atoms. The van der Waals surface area contributed by atoms with Gasteiger partial charge in [-0.2, -0.15) is 0 Å². The number of aliphatic imine (C=N–C) groups is 2. The fraction of sp³-hybridized carbons (Fsp3) is 0.800. The van der Waals surface area contributed by atoms with Crippen molar-refractivity contribution in [2.24, 2.45) is 21.6 Å². The Morgan fingerprint density at radius 1 is 1.26 bits per heavy atom. The van der Waals surface area contributed by atoms with Crippen molar-refractivity contribution < 1.29 is 23.7 Å². The van der Waals surface area contributed by atoms with Gasteiger partial charge in [0.2, 0.25) is 0 Å². The van der Waals surface area contributed by atoms with Crippen LogP contribution in [0, 0.1) is 5.92 Å². The quantitative estimate of drug-likeness (QED) is 0.483. The van der Waals surface area contributed by atoms with E-state index >= 15 is 0 Å². The number of ether oxygens (including phenoxy) is 4. The monoisotopic (exact) mass is 489 g/mol. The molecule has 194 valence electrons. The van der Waals surface area contributed by atoms with E-state index in [1.807, 2.05) is 33.2 Å². The molecule has 0 aromatic carbocycles. The van der Waals surface area contributed by atoms with Gasteiger partial charge >= 0.3 is 5.97 Å². The smallest absolute Gasteiger partial charge is 0.305 e.